The summed E-state index contributed by atoms with van der Waals surface area (Å²) in [4.78, 5) is 25.8. The highest BCUT2D eigenvalue weighted by molar-refractivity contribution is 7.99. The Morgan fingerprint density at radius 2 is 1.81 bits per heavy atom. The maximum absolute atomic E-state index is 12.4. The first kappa shape index (κ1) is 21.3. The molecule has 0 fully saturated rings. The van der Waals surface area contributed by atoms with Crippen molar-refractivity contribution in [2.24, 2.45) is 0 Å². The lowest BCUT2D eigenvalue weighted by Crippen LogP contribution is -2.32. The van der Waals surface area contributed by atoms with Crippen LogP contribution >= 0.6 is 23.4 Å². The summed E-state index contributed by atoms with van der Waals surface area (Å²) < 4.78 is 0. The molecule has 2 N–H and O–H groups in total. The third kappa shape index (κ3) is 7.27. The topological polar surface area (TPSA) is 58.2 Å². The van der Waals surface area contributed by atoms with Gasteiger partial charge < -0.3 is 10.6 Å². The highest BCUT2D eigenvalue weighted by Crippen LogP contribution is 2.22. The van der Waals surface area contributed by atoms with Crippen LogP contribution in [0, 0.1) is 0 Å². The van der Waals surface area contributed by atoms with E-state index >= 15 is 0 Å². The summed E-state index contributed by atoms with van der Waals surface area (Å²) >= 11 is 7.56. The van der Waals surface area contributed by atoms with E-state index in [1.165, 1.54) is 0 Å². The van der Waals surface area contributed by atoms with Gasteiger partial charge in [-0.15, -0.1) is 11.8 Å². The van der Waals surface area contributed by atoms with Gasteiger partial charge in [0.15, 0.2) is 0 Å². The van der Waals surface area contributed by atoms with Gasteiger partial charge in [-0.2, -0.15) is 0 Å². The van der Waals surface area contributed by atoms with Crippen molar-refractivity contribution in [3.63, 3.8) is 0 Å². The number of benzene rings is 2. The number of carbonyl (C=O) groups excluding carboxylic acids is 2. The first-order valence-electron chi connectivity index (χ1n) is 9.07. The van der Waals surface area contributed by atoms with Crippen LogP contribution in [-0.4, -0.2) is 23.6 Å². The number of nitrogens with one attached hydrogen (secondary N) is 2. The summed E-state index contributed by atoms with van der Waals surface area (Å²) in [6.45, 7) is 3.97. The highest BCUT2D eigenvalue weighted by atomic mass is 35.5. The van der Waals surface area contributed by atoms with Crippen molar-refractivity contribution in [1.29, 1.82) is 0 Å². The maximum Gasteiger partial charge on any atom is 0.253 e. The van der Waals surface area contributed by atoms with Crippen molar-refractivity contribution >= 4 is 40.9 Å². The monoisotopic (exact) mass is 404 g/mol. The Hall–Kier alpha value is -1.98. The quantitative estimate of drug-likeness (QED) is 0.435. The molecule has 0 radical (unpaired) electrons. The molecule has 0 unspecified atom stereocenters. The molecule has 0 saturated carbocycles. The Labute approximate surface area is 170 Å². The second-order valence-corrected chi connectivity index (χ2v) is 7.89. The smallest absolute Gasteiger partial charge is 0.253 e. The SMILES string of the molecule is CC[C@@H](C)NC(=O)c1ccccc1NC(=O)CCCSc1ccc(Cl)cc1. The first-order valence-corrected chi connectivity index (χ1v) is 10.4. The van der Waals surface area contributed by atoms with Crippen LogP contribution in [0.5, 0.6) is 0 Å². The third-order valence-electron chi connectivity index (χ3n) is 4.07. The maximum atomic E-state index is 12.4. The van der Waals surface area contributed by atoms with Crippen molar-refractivity contribution in [2.45, 2.75) is 44.0 Å². The Kier molecular flexibility index (Phi) is 8.69. The number of hydrogen-bond acceptors (Lipinski definition) is 3. The van der Waals surface area contributed by atoms with Gasteiger partial charge in [-0.05, 0) is 61.9 Å². The molecule has 4 nitrogen and oxygen atoms in total. The fourth-order valence-electron chi connectivity index (χ4n) is 2.36. The fraction of sp³-hybridized carbons (Fsp3) is 0.333. The molecule has 0 aliphatic heterocycles. The van der Waals surface area contributed by atoms with E-state index in [-0.39, 0.29) is 17.9 Å². The standard InChI is InChI=1S/C21H25ClN2O2S/c1-3-15(2)23-21(26)18-7-4-5-8-19(18)24-20(25)9-6-14-27-17-12-10-16(22)11-13-17/h4-5,7-8,10-13,15H,3,6,9,14H2,1-2H3,(H,23,26)(H,24,25)/t15-/m1/s1. The van der Waals surface area contributed by atoms with E-state index in [4.69, 9.17) is 11.6 Å². The molecule has 0 saturated heterocycles. The zero-order valence-corrected chi connectivity index (χ0v) is 17.2. The predicted molar refractivity (Wildman–Crippen MR) is 114 cm³/mol. The van der Waals surface area contributed by atoms with E-state index < -0.39 is 0 Å². The predicted octanol–water partition coefficient (Wildman–Crippen LogP) is 5.38. The number of para-hydroxylation sites is 1. The van der Waals surface area contributed by atoms with E-state index in [1.54, 1.807) is 30.0 Å². The van der Waals surface area contributed by atoms with Crippen LogP contribution in [-0.2, 0) is 4.79 Å². The zero-order chi connectivity index (χ0) is 19.6. The number of hydrogen-bond donors (Lipinski definition) is 2. The molecule has 0 aliphatic rings. The number of carbonyl (C=O) groups is 2. The van der Waals surface area contributed by atoms with Crippen molar-refractivity contribution in [2.75, 3.05) is 11.1 Å². The molecule has 0 aliphatic carbocycles. The second kappa shape index (κ2) is 11.0. The van der Waals surface area contributed by atoms with Crippen LogP contribution < -0.4 is 10.6 Å². The van der Waals surface area contributed by atoms with Gasteiger partial charge in [0, 0.05) is 22.4 Å². The fourth-order valence-corrected chi connectivity index (χ4v) is 3.34. The van der Waals surface area contributed by atoms with Gasteiger partial charge in [0.05, 0.1) is 11.3 Å². The van der Waals surface area contributed by atoms with Crippen molar-refractivity contribution in [1.82, 2.24) is 5.32 Å². The number of halogens is 1. The normalized spacial score (nSPS) is 11.7. The Morgan fingerprint density at radius 3 is 2.52 bits per heavy atom. The Morgan fingerprint density at radius 1 is 1.11 bits per heavy atom. The summed E-state index contributed by atoms with van der Waals surface area (Å²) in [5.41, 5.74) is 1.04. The van der Waals surface area contributed by atoms with Gasteiger partial charge in [-0.3, -0.25) is 9.59 Å². The summed E-state index contributed by atoms with van der Waals surface area (Å²) in [6.07, 6.45) is 2.01. The average molecular weight is 405 g/mol. The van der Waals surface area contributed by atoms with Gasteiger partial charge in [0.25, 0.3) is 5.91 Å². The van der Waals surface area contributed by atoms with Crippen LogP contribution in [0.15, 0.2) is 53.4 Å². The van der Waals surface area contributed by atoms with Gasteiger partial charge in [0.1, 0.15) is 0 Å². The molecule has 1 atom stereocenters. The van der Waals surface area contributed by atoms with E-state index in [2.05, 4.69) is 10.6 Å². The Bertz CT molecular complexity index is 765. The van der Waals surface area contributed by atoms with Crippen LogP contribution in [0.25, 0.3) is 0 Å². The number of amides is 2. The second-order valence-electron chi connectivity index (χ2n) is 6.28. The van der Waals surface area contributed by atoms with Crippen LogP contribution in [0.2, 0.25) is 5.02 Å². The molecule has 2 rings (SSSR count). The van der Waals surface area contributed by atoms with E-state index in [0.717, 1.165) is 28.5 Å². The Balaban J connectivity index is 1.83. The number of rotatable bonds is 9. The summed E-state index contributed by atoms with van der Waals surface area (Å²) in [5.74, 6) is 0.583. The molecule has 0 bridgehead atoms. The van der Waals surface area contributed by atoms with Gasteiger partial charge in [-0.25, -0.2) is 0 Å². The van der Waals surface area contributed by atoms with Crippen LogP contribution in [0.1, 0.15) is 43.5 Å². The van der Waals surface area contributed by atoms with Gasteiger partial charge >= 0.3 is 0 Å². The molecule has 2 amide bonds. The van der Waals surface area contributed by atoms with Crippen LogP contribution in [0.3, 0.4) is 0 Å². The molecule has 0 heterocycles. The zero-order valence-electron chi connectivity index (χ0n) is 15.6. The minimum Gasteiger partial charge on any atom is -0.350 e. The van der Waals surface area contributed by atoms with Gasteiger partial charge in [0.2, 0.25) is 5.91 Å². The molecular formula is C21H25ClN2O2S. The molecule has 0 aromatic heterocycles. The summed E-state index contributed by atoms with van der Waals surface area (Å²) in [5, 5.41) is 6.51. The lowest BCUT2D eigenvalue weighted by Gasteiger charge is -2.14. The van der Waals surface area contributed by atoms with Crippen molar-refractivity contribution < 1.29 is 9.59 Å². The summed E-state index contributed by atoms with van der Waals surface area (Å²) in [6, 6.07) is 14.8. The van der Waals surface area contributed by atoms with E-state index in [9.17, 15) is 9.59 Å². The minimum atomic E-state index is -0.168. The minimum absolute atomic E-state index is 0.0875. The molecular weight excluding hydrogens is 380 g/mol. The average Bonchev–Trinajstić information content (AvgIpc) is 2.67. The van der Waals surface area contributed by atoms with Crippen LogP contribution in [0.4, 0.5) is 5.69 Å². The summed E-state index contributed by atoms with van der Waals surface area (Å²) in [7, 11) is 0. The van der Waals surface area contributed by atoms with E-state index in [0.29, 0.717) is 17.7 Å². The lowest BCUT2D eigenvalue weighted by molar-refractivity contribution is -0.116. The van der Waals surface area contributed by atoms with E-state index in [1.807, 2.05) is 44.2 Å². The molecule has 144 valence electrons. The number of anilines is 1. The van der Waals surface area contributed by atoms with Crippen molar-refractivity contribution in [3.8, 4) is 0 Å². The molecule has 27 heavy (non-hydrogen) atoms. The third-order valence-corrected chi connectivity index (χ3v) is 5.42. The van der Waals surface area contributed by atoms with Gasteiger partial charge in [-0.1, -0.05) is 30.7 Å². The van der Waals surface area contributed by atoms with Crippen molar-refractivity contribution in [3.05, 3.63) is 59.1 Å². The largest absolute Gasteiger partial charge is 0.350 e. The molecule has 0 spiro atoms. The lowest BCUT2D eigenvalue weighted by atomic mass is 10.1. The first-order chi connectivity index (χ1) is 13.0. The molecule has 2 aromatic rings. The number of thioether (sulfide) groups is 1. The molecule has 6 heteroatoms. The highest BCUT2D eigenvalue weighted by Gasteiger charge is 2.14. The molecule has 2 aromatic carbocycles.